The van der Waals surface area contributed by atoms with Crippen LogP contribution in [0.4, 0.5) is 5.69 Å². The number of anilines is 1. The molecule has 2 aliphatic rings. The van der Waals surface area contributed by atoms with Crippen molar-refractivity contribution in [3.8, 4) is 5.75 Å². The molecule has 0 aromatic heterocycles. The van der Waals surface area contributed by atoms with Crippen molar-refractivity contribution in [2.75, 3.05) is 31.1 Å². The molecule has 0 aliphatic carbocycles. The highest BCUT2D eigenvalue weighted by atomic mass is 16.5. The van der Waals surface area contributed by atoms with Crippen LogP contribution in [0.15, 0.2) is 54.6 Å². The van der Waals surface area contributed by atoms with Gasteiger partial charge < -0.3 is 14.7 Å². The van der Waals surface area contributed by atoms with Crippen LogP contribution in [0.1, 0.15) is 24.8 Å². The van der Waals surface area contributed by atoms with Gasteiger partial charge in [0.1, 0.15) is 12.4 Å². The summed E-state index contributed by atoms with van der Waals surface area (Å²) in [7, 11) is 0. The molecule has 2 aromatic rings. The fourth-order valence-corrected chi connectivity index (χ4v) is 4.16. The second kappa shape index (κ2) is 7.71. The van der Waals surface area contributed by atoms with E-state index in [-0.39, 0.29) is 18.1 Å². The van der Waals surface area contributed by atoms with Crippen LogP contribution in [0.25, 0.3) is 0 Å². The van der Waals surface area contributed by atoms with Crippen molar-refractivity contribution in [2.24, 2.45) is 0 Å². The van der Waals surface area contributed by atoms with E-state index >= 15 is 0 Å². The summed E-state index contributed by atoms with van der Waals surface area (Å²) >= 11 is 0. The zero-order valence-corrected chi connectivity index (χ0v) is 15.5. The van der Waals surface area contributed by atoms with E-state index in [1.165, 1.54) is 0 Å². The van der Waals surface area contributed by atoms with Crippen LogP contribution in [0.5, 0.6) is 5.75 Å². The minimum atomic E-state index is -0.267. The first-order valence-electron chi connectivity index (χ1n) is 9.63. The van der Waals surface area contributed by atoms with E-state index in [1.807, 2.05) is 53.4 Å². The predicted molar refractivity (Wildman–Crippen MR) is 105 cm³/mol. The summed E-state index contributed by atoms with van der Waals surface area (Å²) in [5, 5.41) is 9.68. The normalized spacial score (nSPS) is 24.1. The highest BCUT2D eigenvalue weighted by Gasteiger charge is 2.41. The first-order chi connectivity index (χ1) is 13.1. The number of morpholine rings is 1. The number of amides is 1. The van der Waals surface area contributed by atoms with Crippen molar-refractivity contribution in [1.29, 1.82) is 0 Å². The predicted octanol–water partition coefficient (Wildman–Crippen LogP) is 3.18. The summed E-state index contributed by atoms with van der Waals surface area (Å²) in [5.74, 6) is 0.346. The molecular weight excluding hydrogens is 340 g/mol. The molecule has 0 bridgehead atoms. The molecule has 142 valence electrons. The second-order valence-electron chi connectivity index (χ2n) is 7.59. The van der Waals surface area contributed by atoms with Gasteiger partial charge >= 0.3 is 0 Å². The standard InChI is InChI=1S/C22H26N2O3/c25-20-9-4-6-18(14-20)15-23-12-5-10-22(11-13-23)17-24(21(26)16-27-22)19-7-2-1-3-8-19/h1-4,6-9,14,25H,5,10-13,15-17H2. The first kappa shape index (κ1) is 18.0. The number of ether oxygens (including phenoxy) is 1. The summed E-state index contributed by atoms with van der Waals surface area (Å²) in [6, 6.07) is 17.3. The van der Waals surface area contributed by atoms with Crippen LogP contribution in [-0.4, -0.2) is 47.8 Å². The van der Waals surface area contributed by atoms with E-state index in [9.17, 15) is 9.90 Å². The summed E-state index contributed by atoms with van der Waals surface area (Å²) in [4.78, 5) is 16.7. The number of hydrogen-bond donors (Lipinski definition) is 1. The Kier molecular flexibility index (Phi) is 5.14. The van der Waals surface area contributed by atoms with Gasteiger partial charge in [-0.25, -0.2) is 0 Å². The molecule has 0 radical (unpaired) electrons. The fraction of sp³-hybridized carbons (Fsp3) is 0.409. The number of aromatic hydroxyl groups is 1. The molecule has 2 aromatic carbocycles. The molecule has 4 rings (SSSR count). The smallest absolute Gasteiger partial charge is 0.253 e. The molecule has 2 heterocycles. The Morgan fingerprint density at radius 3 is 2.70 bits per heavy atom. The number of phenols is 1. The van der Waals surface area contributed by atoms with Crippen molar-refractivity contribution >= 4 is 11.6 Å². The lowest BCUT2D eigenvalue weighted by Crippen LogP contribution is -2.55. The van der Waals surface area contributed by atoms with Gasteiger partial charge in [0.05, 0.1) is 12.1 Å². The topological polar surface area (TPSA) is 53.0 Å². The molecule has 1 N–H and O–H groups in total. The largest absolute Gasteiger partial charge is 0.508 e. The molecule has 1 unspecified atom stereocenters. The van der Waals surface area contributed by atoms with Gasteiger partial charge in [-0.05, 0) is 55.6 Å². The Balaban J connectivity index is 1.44. The van der Waals surface area contributed by atoms with Crippen molar-refractivity contribution in [1.82, 2.24) is 4.90 Å². The number of likely N-dealkylation sites (tertiary alicyclic amines) is 1. The number of hydrogen-bond acceptors (Lipinski definition) is 4. The quantitative estimate of drug-likeness (QED) is 0.907. The van der Waals surface area contributed by atoms with Gasteiger partial charge in [0.2, 0.25) is 0 Å². The molecule has 1 atom stereocenters. The summed E-state index contributed by atoms with van der Waals surface area (Å²) in [6.07, 6.45) is 2.90. The van der Waals surface area contributed by atoms with Crippen molar-refractivity contribution in [3.05, 3.63) is 60.2 Å². The Morgan fingerprint density at radius 1 is 1.04 bits per heavy atom. The Morgan fingerprint density at radius 2 is 1.89 bits per heavy atom. The van der Waals surface area contributed by atoms with Crippen LogP contribution in [0.3, 0.4) is 0 Å². The third kappa shape index (κ3) is 4.15. The van der Waals surface area contributed by atoms with Gasteiger partial charge in [0.15, 0.2) is 0 Å². The molecule has 1 spiro atoms. The van der Waals surface area contributed by atoms with E-state index in [0.29, 0.717) is 12.3 Å². The number of benzene rings is 2. The molecular formula is C22H26N2O3. The summed E-state index contributed by atoms with van der Waals surface area (Å²) < 4.78 is 6.11. The monoisotopic (exact) mass is 366 g/mol. The number of phenolic OH excluding ortho intramolecular Hbond substituents is 1. The van der Waals surface area contributed by atoms with E-state index in [4.69, 9.17) is 4.74 Å². The number of nitrogens with zero attached hydrogens (tertiary/aromatic N) is 2. The highest BCUT2D eigenvalue weighted by Crippen LogP contribution is 2.33. The number of rotatable bonds is 3. The first-order valence-corrected chi connectivity index (χ1v) is 9.63. The van der Waals surface area contributed by atoms with Crippen LogP contribution < -0.4 is 4.90 Å². The van der Waals surface area contributed by atoms with Gasteiger partial charge in [-0.1, -0.05) is 30.3 Å². The third-order valence-corrected chi connectivity index (χ3v) is 5.62. The molecule has 2 aliphatic heterocycles. The Bertz CT molecular complexity index is 795. The average molecular weight is 366 g/mol. The zero-order chi connectivity index (χ0) is 18.7. The van der Waals surface area contributed by atoms with Gasteiger partial charge in [-0.3, -0.25) is 9.69 Å². The van der Waals surface area contributed by atoms with Crippen molar-refractivity contribution in [3.63, 3.8) is 0 Å². The molecule has 5 heteroatoms. The highest BCUT2D eigenvalue weighted by molar-refractivity contribution is 5.95. The number of carbonyl (C=O) groups is 1. The molecule has 5 nitrogen and oxygen atoms in total. The van der Waals surface area contributed by atoms with Crippen molar-refractivity contribution < 1.29 is 14.6 Å². The molecule has 2 saturated heterocycles. The van der Waals surface area contributed by atoms with E-state index in [0.717, 1.165) is 50.1 Å². The van der Waals surface area contributed by atoms with Crippen molar-refractivity contribution in [2.45, 2.75) is 31.4 Å². The van der Waals surface area contributed by atoms with Gasteiger partial charge in [0, 0.05) is 18.8 Å². The Hall–Kier alpha value is -2.37. The van der Waals surface area contributed by atoms with E-state index < -0.39 is 0 Å². The van der Waals surface area contributed by atoms with Crippen LogP contribution in [0, 0.1) is 0 Å². The maximum atomic E-state index is 12.4. The average Bonchev–Trinajstić information content (AvgIpc) is 2.87. The van der Waals surface area contributed by atoms with Gasteiger partial charge in [-0.15, -0.1) is 0 Å². The zero-order valence-electron chi connectivity index (χ0n) is 15.5. The van der Waals surface area contributed by atoms with Gasteiger partial charge in [0.25, 0.3) is 5.91 Å². The molecule has 2 fully saturated rings. The van der Waals surface area contributed by atoms with E-state index in [2.05, 4.69) is 4.90 Å². The maximum Gasteiger partial charge on any atom is 0.253 e. The lowest BCUT2D eigenvalue weighted by Gasteiger charge is -2.42. The lowest BCUT2D eigenvalue weighted by atomic mass is 9.92. The van der Waals surface area contributed by atoms with E-state index in [1.54, 1.807) is 6.07 Å². The van der Waals surface area contributed by atoms with Crippen LogP contribution >= 0.6 is 0 Å². The number of carbonyl (C=O) groups excluding carboxylic acids is 1. The second-order valence-corrected chi connectivity index (χ2v) is 7.59. The minimum absolute atomic E-state index is 0.0349. The minimum Gasteiger partial charge on any atom is -0.508 e. The third-order valence-electron chi connectivity index (χ3n) is 5.62. The summed E-state index contributed by atoms with van der Waals surface area (Å²) in [6.45, 7) is 3.52. The summed E-state index contributed by atoms with van der Waals surface area (Å²) in [5.41, 5.74) is 1.81. The van der Waals surface area contributed by atoms with Crippen LogP contribution in [-0.2, 0) is 16.1 Å². The lowest BCUT2D eigenvalue weighted by molar-refractivity contribution is -0.140. The molecule has 27 heavy (non-hydrogen) atoms. The molecule has 0 saturated carbocycles. The number of para-hydroxylation sites is 1. The SMILES string of the molecule is O=C1COC2(CCCN(Cc3cccc(O)c3)CC2)CN1c1ccccc1. The van der Waals surface area contributed by atoms with Gasteiger partial charge in [-0.2, -0.15) is 0 Å². The van der Waals surface area contributed by atoms with Crippen LogP contribution in [0.2, 0.25) is 0 Å². The molecule has 1 amide bonds. The fourth-order valence-electron chi connectivity index (χ4n) is 4.16. The maximum absolute atomic E-state index is 12.4. The Labute approximate surface area is 160 Å².